The van der Waals surface area contributed by atoms with Crippen molar-refractivity contribution in [2.24, 2.45) is 5.73 Å². The summed E-state index contributed by atoms with van der Waals surface area (Å²) in [4.78, 5) is 40.4. The average Bonchev–Trinajstić information content (AvgIpc) is 2.81. The summed E-state index contributed by atoms with van der Waals surface area (Å²) in [5.74, 6) is -0.743. The van der Waals surface area contributed by atoms with E-state index in [0.29, 0.717) is 24.6 Å². The highest BCUT2D eigenvalue weighted by atomic mass is 16.2. The standard InChI is InChI=1S/C20H26N4O3/c21-15-2-1-8-23(9-7-15)11-13-3-4-14-12-24(20(27)16(14)10-13)17-5-6-18(25)22-19(17)26/h3-4,10,15,17H,1-2,5-9,11-12,21H2,(H,22,25,26). The largest absolute Gasteiger partial charge is 0.328 e. The van der Waals surface area contributed by atoms with Crippen molar-refractivity contribution in [1.82, 2.24) is 15.1 Å². The number of fused-ring (bicyclic) bond motifs is 1. The van der Waals surface area contributed by atoms with Crippen LogP contribution in [0.1, 0.15) is 53.6 Å². The second-order valence-corrected chi connectivity index (χ2v) is 7.86. The predicted octanol–water partition coefficient (Wildman–Crippen LogP) is 0.761. The summed E-state index contributed by atoms with van der Waals surface area (Å²) in [6.07, 6.45) is 3.85. The molecule has 3 heterocycles. The van der Waals surface area contributed by atoms with E-state index in [-0.39, 0.29) is 24.1 Å². The Kier molecular flexibility index (Phi) is 4.97. The summed E-state index contributed by atoms with van der Waals surface area (Å²) in [5, 5.41) is 2.34. The molecule has 3 aliphatic heterocycles. The zero-order valence-corrected chi connectivity index (χ0v) is 15.4. The minimum Gasteiger partial charge on any atom is -0.328 e. The zero-order chi connectivity index (χ0) is 19.0. The number of carbonyl (C=O) groups excluding carboxylic acids is 3. The van der Waals surface area contributed by atoms with Crippen LogP contribution in [0.25, 0.3) is 0 Å². The number of nitrogens with one attached hydrogen (secondary N) is 1. The van der Waals surface area contributed by atoms with E-state index in [1.165, 1.54) is 0 Å². The van der Waals surface area contributed by atoms with Crippen molar-refractivity contribution in [2.45, 2.75) is 57.3 Å². The Hall–Kier alpha value is -2.25. The van der Waals surface area contributed by atoms with Gasteiger partial charge < -0.3 is 10.6 Å². The monoisotopic (exact) mass is 370 g/mol. The third-order valence-electron chi connectivity index (χ3n) is 5.86. The summed E-state index contributed by atoms with van der Waals surface area (Å²) in [5.41, 5.74) is 8.81. The highest BCUT2D eigenvalue weighted by Crippen LogP contribution is 2.28. The van der Waals surface area contributed by atoms with Crippen LogP contribution in [0.3, 0.4) is 0 Å². The van der Waals surface area contributed by atoms with Gasteiger partial charge in [0.1, 0.15) is 6.04 Å². The van der Waals surface area contributed by atoms with Crippen LogP contribution in [0.15, 0.2) is 18.2 Å². The molecular weight excluding hydrogens is 344 g/mol. The van der Waals surface area contributed by atoms with E-state index < -0.39 is 6.04 Å². The highest BCUT2D eigenvalue weighted by molar-refractivity contribution is 6.05. The molecule has 2 unspecified atom stereocenters. The molecule has 144 valence electrons. The van der Waals surface area contributed by atoms with Gasteiger partial charge in [0.15, 0.2) is 0 Å². The van der Waals surface area contributed by atoms with E-state index in [2.05, 4.69) is 16.3 Å². The number of nitrogens with zero attached hydrogens (tertiary/aromatic N) is 2. The van der Waals surface area contributed by atoms with Crippen LogP contribution in [-0.2, 0) is 22.7 Å². The molecule has 0 saturated carbocycles. The molecule has 4 rings (SSSR count). The summed E-state index contributed by atoms with van der Waals surface area (Å²) in [7, 11) is 0. The van der Waals surface area contributed by atoms with Gasteiger partial charge in [0.05, 0.1) is 0 Å². The second-order valence-electron chi connectivity index (χ2n) is 7.86. The zero-order valence-electron chi connectivity index (χ0n) is 15.4. The Labute approximate surface area is 158 Å². The number of amides is 3. The van der Waals surface area contributed by atoms with Gasteiger partial charge in [-0.1, -0.05) is 12.1 Å². The third kappa shape index (κ3) is 3.75. The molecule has 0 radical (unpaired) electrons. The van der Waals surface area contributed by atoms with Crippen LogP contribution in [0.4, 0.5) is 0 Å². The van der Waals surface area contributed by atoms with Gasteiger partial charge in [-0.15, -0.1) is 0 Å². The van der Waals surface area contributed by atoms with Crippen LogP contribution in [0.5, 0.6) is 0 Å². The lowest BCUT2D eigenvalue weighted by Crippen LogP contribution is -2.52. The summed E-state index contributed by atoms with van der Waals surface area (Å²) in [6, 6.07) is 5.77. The molecule has 3 amide bonds. The number of piperidine rings is 1. The SMILES string of the molecule is NC1CCCN(Cc2ccc3c(c2)C(=O)N(C2CCC(=O)NC2=O)C3)CC1. The van der Waals surface area contributed by atoms with Gasteiger partial charge in [-0.05, 0) is 56.0 Å². The Morgan fingerprint density at radius 2 is 1.96 bits per heavy atom. The minimum atomic E-state index is -0.557. The highest BCUT2D eigenvalue weighted by Gasteiger charge is 2.39. The molecule has 1 aromatic rings. The molecular formula is C20H26N4O3. The van der Waals surface area contributed by atoms with Crippen LogP contribution >= 0.6 is 0 Å². The van der Waals surface area contributed by atoms with Crippen molar-refractivity contribution in [2.75, 3.05) is 13.1 Å². The fraction of sp³-hybridized carbons (Fsp3) is 0.550. The smallest absolute Gasteiger partial charge is 0.255 e. The lowest BCUT2D eigenvalue weighted by atomic mass is 10.0. The molecule has 0 bridgehead atoms. The first-order valence-electron chi connectivity index (χ1n) is 9.75. The van der Waals surface area contributed by atoms with Crippen molar-refractivity contribution in [1.29, 1.82) is 0 Å². The van der Waals surface area contributed by atoms with Gasteiger partial charge in [-0.3, -0.25) is 24.6 Å². The molecule has 0 spiro atoms. The van der Waals surface area contributed by atoms with E-state index in [0.717, 1.165) is 50.0 Å². The Balaban J connectivity index is 1.46. The number of likely N-dealkylation sites (tertiary alicyclic amines) is 1. The molecule has 7 nitrogen and oxygen atoms in total. The maximum Gasteiger partial charge on any atom is 0.255 e. The topological polar surface area (TPSA) is 95.7 Å². The molecule has 3 N–H and O–H groups in total. The molecule has 27 heavy (non-hydrogen) atoms. The van der Waals surface area contributed by atoms with Crippen molar-refractivity contribution in [3.8, 4) is 0 Å². The van der Waals surface area contributed by atoms with E-state index in [4.69, 9.17) is 5.73 Å². The predicted molar refractivity (Wildman–Crippen MR) is 99.6 cm³/mol. The molecule has 2 saturated heterocycles. The Bertz CT molecular complexity index is 778. The average molecular weight is 370 g/mol. The van der Waals surface area contributed by atoms with Crippen LogP contribution in [-0.4, -0.2) is 52.7 Å². The number of rotatable bonds is 3. The quantitative estimate of drug-likeness (QED) is 0.766. The van der Waals surface area contributed by atoms with Gasteiger partial charge in [-0.25, -0.2) is 0 Å². The molecule has 1 aromatic carbocycles. The first kappa shape index (κ1) is 18.1. The maximum atomic E-state index is 12.9. The van der Waals surface area contributed by atoms with Crippen molar-refractivity contribution < 1.29 is 14.4 Å². The third-order valence-corrected chi connectivity index (χ3v) is 5.86. The number of hydrogen-bond acceptors (Lipinski definition) is 5. The van der Waals surface area contributed by atoms with Crippen molar-refractivity contribution >= 4 is 17.7 Å². The summed E-state index contributed by atoms with van der Waals surface area (Å²) < 4.78 is 0. The molecule has 7 heteroatoms. The number of nitrogens with two attached hydrogens (primary N) is 1. The minimum absolute atomic E-state index is 0.112. The van der Waals surface area contributed by atoms with Gasteiger partial charge in [0, 0.05) is 31.1 Å². The number of benzene rings is 1. The number of imide groups is 1. The molecule has 0 aliphatic carbocycles. The van der Waals surface area contributed by atoms with Gasteiger partial charge in [0.2, 0.25) is 11.8 Å². The summed E-state index contributed by atoms with van der Waals surface area (Å²) in [6.45, 7) is 3.25. The molecule has 0 aromatic heterocycles. The van der Waals surface area contributed by atoms with E-state index in [9.17, 15) is 14.4 Å². The van der Waals surface area contributed by atoms with Gasteiger partial charge in [0.25, 0.3) is 5.91 Å². The first-order chi connectivity index (χ1) is 13.0. The Morgan fingerprint density at radius 1 is 1.11 bits per heavy atom. The lowest BCUT2D eigenvalue weighted by Gasteiger charge is -2.29. The van der Waals surface area contributed by atoms with Crippen LogP contribution in [0.2, 0.25) is 0 Å². The van der Waals surface area contributed by atoms with Gasteiger partial charge in [-0.2, -0.15) is 0 Å². The van der Waals surface area contributed by atoms with E-state index in [1.54, 1.807) is 4.90 Å². The molecule has 2 fully saturated rings. The fourth-order valence-electron chi connectivity index (χ4n) is 4.30. The Morgan fingerprint density at radius 3 is 2.78 bits per heavy atom. The second kappa shape index (κ2) is 7.40. The van der Waals surface area contributed by atoms with Crippen molar-refractivity contribution in [3.63, 3.8) is 0 Å². The van der Waals surface area contributed by atoms with Crippen LogP contribution in [0, 0.1) is 0 Å². The van der Waals surface area contributed by atoms with Crippen LogP contribution < -0.4 is 11.1 Å². The lowest BCUT2D eigenvalue weighted by molar-refractivity contribution is -0.136. The maximum absolute atomic E-state index is 12.9. The number of hydrogen-bond donors (Lipinski definition) is 2. The summed E-state index contributed by atoms with van der Waals surface area (Å²) >= 11 is 0. The first-order valence-corrected chi connectivity index (χ1v) is 9.75. The van der Waals surface area contributed by atoms with E-state index >= 15 is 0 Å². The molecule has 2 atom stereocenters. The number of carbonyl (C=O) groups is 3. The normalized spacial score (nSPS) is 26.7. The van der Waals surface area contributed by atoms with E-state index in [1.807, 2.05) is 12.1 Å². The van der Waals surface area contributed by atoms with Gasteiger partial charge >= 0.3 is 0 Å². The fourth-order valence-corrected chi connectivity index (χ4v) is 4.30. The van der Waals surface area contributed by atoms with Crippen molar-refractivity contribution in [3.05, 3.63) is 34.9 Å². The molecule has 3 aliphatic rings.